The Bertz CT molecular complexity index is 702. The molecule has 0 saturated heterocycles. The van der Waals surface area contributed by atoms with E-state index in [0.717, 1.165) is 30.2 Å². The molecule has 1 aromatic carbocycles. The number of rotatable bonds is 7. The molecule has 0 radical (unpaired) electrons. The Morgan fingerprint density at radius 1 is 0.929 bits per heavy atom. The summed E-state index contributed by atoms with van der Waals surface area (Å²) in [5.74, 6) is -2.00. The highest BCUT2D eigenvalue weighted by Crippen LogP contribution is 2.17. The summed E-state index contributed by atoms with van der Waals surface area (Å²) >= 11 is 3.26. The Balaban J connectivity index is 1.58. The summed E-state index contributed by atoms with van der Waals surface area (Å²) in [7, 11) is 0. The van der Waals surface area contributed by atoms with Gasteiger partial charge in [-0.2, -0.15) is 0 Å². The summed E-state index contributed by atoms with van der Waals surface area (Å²) in [6, 6.07) is 6.76. The predicted molar refractivity (Wildman–Crippen MR) is 105 cm³/mol. The molecule has 0 aliphatic heterocycles. The molecule has 1 aliphatic carbocycles. The molecule has 0 bridgehead atoms. The van der Waals surface area contributed by atoms with E-state index in [0.29, 0.717) is 5.56 Å². The van der Waals surface area contributed by atoms with Crippen LogP contribution in [0, 0.1) is 0 Å². The largest absolute Gasteiger partial charge is 0.455 e. The van der Waals surface area contributed by atoms with Crippen molar-refractivity contribution in [1.29, 1.82) is 0 Å². The van der Waals surface area contributed by atoms with Crippen LogP contribution in [0.4, 0.5) is 0 Å². The molecule has 0 heterocycles. The lowest BCUT2D eigenvalue weighted by atomic mass is 9.95. The van der Waals surface area contributed by atoms with Crippen LogP contribution in [0.2, 0.25) is 0 Å². The zero-order valence-electron chi connectivity index (χ0n) is 15.5. The molecule has 3 amide bonds. The van der Waals surface area contributed by atoms with Gasteiger partial charge < -0.3 is 10.1 Å². The highest BCUT2D eigenvalue weighted by molar-refractivity contribution is 9.10. The molecule has 9 heteroatoms. The number of hydrogen-bond acceptors (Lipinski definition) is 5. The number of halogens is 1. The molecule has 3 N–H and O–H groups in total. The Morgan fingerprint density at radius 3 is 2.29 bits per heavy atom. The molecule has 1 fully saturated rings. The molecule has 1 aliphatic rings. The number of hydrogen-bond donors (Lipinski definition) is 3. The van der Waals surface area contributed by atoms with Gasteiger partial charge in [0.1, 0.15) is 0 Å². The van der Waals surface area contributed by atoms with Crippen molar-refractivity contribution in [2.75, 3.05) is 6.61 Å². The standard InChI is InChI=1S/C19H24BrN3O5/c20-14-8-6-13(7-9-14)19(27)23-22-17(25)12-28-18(26)11-10-16(24)21-15-4-2-1-3-5-15/h6-9,15H,1-5,10-12H2,(H,21,24)(H,22,25)(H,23,27). The predicted octanol–water partition coefficient (Wildman–Crippen LogP) is 1.98. The molecule has 0 aromatic heterocycles. The Kier molecular flexibility index (Phi) is 8.93. The maximum atomic E-state index is 11.8. The number of ether oxygens (including phenoxy) is 1. The van der Waals surface area contributed by atoms with E-state index in [1.807, 2.05) is 0 Å². The Morgan fingerprint density at radius 2 is 1.61 bits per heavy atom. The summed E-state index contributed by atoms with van der Waals surface area (Å²) in [5.41, 5.74) is 4.76. The van der Waals surface area contributed by atoms with Gasteiger partial charge in [-0.15, -0.1) is 0 Å². The van der Waals surface area contributed by atoms with E-state index in [4.69, 9.17) is 4.74 Å². The average molecular weight is 454 g/mol. The molecule has 0 unspecified atom stereocenters. The van der Waals surface area contributed by atoms with E-state index in [9.17, 15) is 19.2 Å². The molecule has 28 heavy (non-hydrogen) atoms. The quantitative estimate of drug-likeness (QED) is 0.431. The van der Waals surface area contributed by atoms with Crippen molar-refractivity contribution in [3.63, 3.8) is 0 Å². The molecule has 0 atom stereocenters. The third kappa shape index (κ3) is 8.08. The first-order valence-electron chi connectivity index (χ1n) is 9.24. The molecule has 1 saturated carbocycles. The Hall–Kier alpha value is -2.42. The summed E-state index contributed by atoms with van der Waals surface area (Å²) in [5, 5.41) is 2.91. The number of esters is 1. The zero-order valence-corrected chi connectivity index (χ0v) is 17.0. The van der Waals surface area contributed by atoms with Crippen LogP contribution in [0.3, 0.4) is 0 Å². The number of hydrazine groups is 1. The lowest BCUT2D eigenvalue weighted by Crippen LogP contribution is -2.43. The van der Waals surface area contributed by atoms with E-state index in [1.54, 1.807) is 24.3 Å². The van der Waals surface area contributed by atoms with Gasteiger partial charge in [0.2, 0.25) is 5.91 Å². The van der Waals surface area contributed by atoms with Gasteiger partial charge in [-0.25, -0.2) is 0 Å². The van der Waals surface area contributed by atoms with Gasteiger partial charge in [-0.1, -0.05) is 35.2 Å². The van der Waals surface area contributed by atoms with Crippen LogP contribution in [0.5, 0.6) is 0 Å². The van der Waals surface area contributed by atoms with Crippen LogP contribution in [0.15, 0.2) is 28.7 Å². The Labute approximate surface area is 171 Å². The fourth-order valence-electron chi connectivity index (χ4n) is 2.82. The third-order valence-electron chi connectivity index (χ3n) is 4.31. The van der Waals surface area contributed by atoms with Gasteiger partial charge >= 0.3 is 5.97 Å². The van der Waals surface area contributed by atoms with Gasteiger partial charge in [0.15, 0.2) is 6.61 Å². The highest BCUT2D eigenvalue weighted by atomic mass is 79.9. The number of benzene rings is 1. The van der Waals surface area contributed by atoms with Crippen LogP contribution in [-0.4, -0.2) is 36.3 Å². The number of carbonyl (C=O) groups excluding carboxylic acids is 4. The van der Waals surface area contributed by atoms with Crippen LogP contribution in [-0.2, 0) is 19.1 Å². The second kappa shape index (κ2) is 11.4. The summed E-state index contributed by atoms with van der Waals surface area (Å²) in [6.45, 7) is -0.538. The van der Waals surface area contributed by atoms with Gasteiger partial charge in [-0.3, -0.25) is 30.0 Å². The number of carbonyl (C=O) groups is 4. The second-order valence-corrected chi connectivity index (χ2v) is 7.49. The van der Waals surface area contributed by atoms with Crippen molar-refractivity contribution < 1.29 is 23.9 Å². The van der Waals surface area contributed by atoms with E-state index < -0.39 is 24.4 Å². The topological polar surface area (TPSA) is 114 Å². The average Bonchev–Trinajstić information content (AvgIpc) is 2.70. The van der Waals surface area contributed by atoms with Gasteiger partial charge in [0.05, 0.1) is 6.42 Å². The lowest BCUT2D eigenvalue weighted by Gasteiger charge is -2.22. The molecule has 1 aromatic rings. The summed E-state index contributed by atoms with van der Waals surface area (Å²) in [6.07, 6.45) is 5.30. The second-order valence-electron chi connectivity index (χ2n) is 6.57. The van der Waals surface area contributed by atoms with E-state index >= 15 is 0 Å². The normalized spacial score (nSPS) is 14.0. The summed E-state index contributed by atoms with van der Waals surface area (Å²) < 4.78 is 5.64. The maximum Gasteiger partial charge on any atom is 0.306 e. The smallest absolute Gasteiger partial charge is 0.306 e. The van der Waals surface area contributed by atoms with Crippen LogP contribution >= 0.6 is 15.9 Å². The SMILES string of the molecule is O=C(COC(=O)CCC(=O)NC1CCCCC1)NNC(=O)c1ccc(Br)cc1. The van der Waals surface area contributed by atoms with Crippen LogP contribution in [0.25, 0.3) is 0 Å². The molecule has 8 nitrogen and oxygen atoms in total. The fourth-order valence-corrected chi connectivity index (χ4v) is 3.08. The number of amides is 3. The van der Waals surface area contributed by atoms with E-state index in [-0.39, 0.29) is 24.8 Å². The zero-order chi connectivity index (χ0) is 20.4. The van der Waals surface area contributed by atoms with Crippen LogP contribution in [0.1, 0.15) is 55.3 Å². The van der Waals surface area contributed by atoms with Crippen molar-refractivity contribution in [2.45, 2.75) is 51.0 Å². The van der Waals surface area contributed by atoms with Crippen molar-refractivity contribution >= 4 is 39.6 Å². The molecule has 152 valence electrons. The minimum atomic E-state index is -0.675. The van der Waals surface area contributed by atoms with Crippen molar-refractivity contribution in [3.8, 4) is 0 Å². The van der Waals surface area contributed by atoms with Crippen LogP contribution < -0.4 is 16.2 Å². The minimum Gasteiger partial charge on any atom is -0.455 e. The van der Waals surface area contributed by atoms with E-state index in [2.05, 4.69) is 32.1 Å². The first-order valence-corrected chi connectivity index (χ1v) is 10.0. The highest BCUT2D eigenvalue weighted by Gasteiger charge is 2.17. The number of nitrogens with one attached hydrogen (secondary N) is 3. The van der Waals surface area contributed by atoms with Gasteiger partial charge in [0.25, 0.3) is 11.8 Å². The molecular formula is C19H24BrN3O5. The van der Waals surface area contributed by atoms with Crippen molar-refractivity contribution in [1.82, 2.24) is 16.2 Å². The molecular weight excluding hydrogens is 430 g/mol. The molecule has 2 rings (SSSR count). The van der Waals surface area contributed by atoms with E-state index in [1.165, 1.54) is 6.42 Å². The monoisotopic (exact) mass is 453 g/mol. The maximum absolute atomic E-state index is 11.8. The minimum absolute atomic E-state index is 0.0251. The van der Waals surface area contributed by atoms with Gasteiger partial charge in [-0.05, 0) is 37.1 Å². The van der Waals surface area contributed by atoms with Crippen molar-refractivity contribution in [3.05, 3.63) is 34.3 Å². The third-order valence-corrected chi connectivity index (χ3v) is 4.84. The lowest BCUT2D eigenvalue weighted by molar-refractivity contribution is -0.149. The van der Waals surface area contributed by atoms with Crippen molar-refractivity contribution in [2.24, 2.45) is 0 Å². The summed E-state index contributed by atoms with van der Waals surface area (Å²) in [4.78, 5) is 47.0. The first kappa shape index (κ1) is 21.9. The fraction of sp³-hybridized carbons (Fsp3) is 0.474. The first-order chi connectivity index (χ1) is 13.4. The molecule has 0 spiro atoms. The van der Waals surface area contributed by atoms with Gasteiger partial charge in [0, 0.05) is 22.5 Å².